The lowest BCUT2D eigenvalue weighted by atomic mass is 10.5. The molecule has 90 valence electrons. The second-order valence-electron chi connectivity index (χ2n) is 3.03. The molecule has 0 unspecified atom stereocenters. The third kappa shape index (κ3) is 3.59. The summed E-state index contributed by atoms with van der Waals surface area (Å²) in [6.45, 7) is 5.18. The van der Waals surface area contributed by atoms with Crippen molar-refractivity contribution in [1.29, 1.82) is 0 Å². The Kier molecular flexibility index (Phi) is 4.87. The number of aromatic nitrogens is 2. The number of imidazole rings is 1. The second-order valence-corrected chi connectivity index (χ2v) is 3.03. The normalized spacial score (nSPS) is 10.9. The summed E-state index contributed by atoms with van der Waals surface area (Å²) in [5, 5.41) is 10.4. The third-order valence-corrected chi connectivity index (χ3v) is 1.87. The molecule has 7 heteroatoms. The molecule has 0 aliphatic carbocycles. The highest BCUT2D eigenvalue weighted by Gasteiger charge is 2.14. The standard InChI is InChI=1S/C9H15N3O4/c1-3-15-9(16-4-2)6-11-5-8(10-7-11)12(13)14/h5,7,9H,3-4,6H2,1-2H3. The molecule has 0 bridgehead atoms. The van der Waals surface area contributed by atoms with Gasteiger partial charge in [0.1, 0.15) is 6.20 Å². The zero-order valence-corrected chi connectivity index (χ0v) is 9.33. The molecule has 16 heavy (non-hydrogen) atoms. The van der Waals surface area contributed by atoms with Gasteiger partial charge in [-0.05, 0) is 23.8 Å². The average molecular weight is 229 g/mol. The quantitative estimate of drug-likeness (QED) is 0.398. The number of hydrogen-bond acceptors (Lipinski definition) is 5. The van der Waals surface area contributed by atoms with E-state index < -0.39 is 11.2 Å². The van der Waals surface area contributed by atoms with Crippen LogP contribution in [0.4, 0.5) is 5.82 Å². The van der Waals surface area contributed by atoms with E-state index in [2.05, 4.69) is 4.98 Å². The smallest absolute Gasteiger partial charge is 0.358 e. The van der Waals surface area contributed by atoms with Gasteiger partial charge in [0.25, 0.3) is 0 Å². The van der Waals surface area contributed by atoms with Crippen LogP contribution in [-0.4, -0.2) is 34.0 Å². The molecule has 0 aliphatic rings. The van der Waals surface area contributed by atoms with Crippen molar-refractivity contribution in [1.82, 2.24) is 9.55 Å². The van der Waals surface area contributed by atoms with E-state index in [9.17, 15) is 10.1 Å². The first kappa shape index (κ1) is 12.6. The largest absolute Gasteiger partial charge is 0.381 e. The van der Waals surface area contributed by atoms with E-state index in [-0.39, 0.29) is 5.82 Å². The number of rotatable bonds is 7. The molecular weight excluding hydrogens is 214 g/mol. The van der Waals surface area contributed by atoms with Crippen LogP contribution in [0.5, 0.6) is 0 Å². The van der Waals surface area contributed by atoms with E-state index in [0.29, 0.717) is 19.8 Å². The van der Waals surface area contributed by atoms with Crippen molar-refractivity contribution in [3.05, 3.63) is 22.6 Å². The maximum atomic E-state index is 10.4. The Balaban J connectivity index is 2.58. The van der Waals surface area contributed by atoms with Gasteiger partial charge in [-0.15, -0.1) is 0 Å². The molecule has 0 spiro atoms. The Morgan fingerprint density at radius 1 is 1.50 bits per heavy atom. The maximum Gasteiger partial charge on any atom is 0.381 e. The molecular formula is C9H15N3O4. The van der Waals surface area contributed by atoms with Crippen LogP contribution in [-0.2, 0) is 16.0 Å². The first-order chi connectivity index (χ1) is 7.67. The van der Waals surface area contributed by atoms with E-state index >= 15 is 0 Å². The topological polar surface area (TPSA) is 79.4 Å². The van der Waals surface area contributed by atoms with Gasteiger partial charge >= 0.3 is 5.82 Å². The minimum absolute atomic E-state index is 0.174. The second kappa shape index (κ2) is 6.19. The van der Waals surface area contributed by atoms with Crippen LogP contribution in [0.15, 0.2) is 12.5 Å². The number of nitrogens with zero attached hydrogens (tertiary/aromatic N) is 3. The highest BCUT2D eigenvalue weighted by atomic mass is 16.7. The van der Waals surface area contributed by atoms with Gasteiger partial charge in [0.2, 0.25) is 6.33 Å². The Bertz CT molecular complexity index is 333. The van der Waals surface area contributed by atoms with Crippen LogP contribution in [0.1, 0.15) is 13.8 Å². The van der Waals surface area contributed by atoms with Crippen LogP contribution in [0.25, 0.3) is 0 Å². The summed E-state index contributed by atoms with van der Waals surface area (Å²) in [7, 11) is 0. The summed E-state index contributed by atoms with van der Waals surface area (Å²) >= 11 is 0. The third-order valence-electron chi connectivity index (χ3n) is 1.87. The predicted octanol–water partition coefficient (Wildman–Crippen LogP) is 1.19. The summed E-state index contributed by atoms with van der Waals surface area (Å²) in [4.78, 5) is 13.5. The van der Waals surface area contributed by atoms with Crippen molar-refractivity contribution in [3.63, 3.8) is 0 Å². The fraction of sp³-hybridized carbons (Fsp3) is 0.667. The molecule has 0 amide bonds. The van der Waals surface area contributed by atoms with E-state index in [1.54, 1.807) is 4.57 Å². The van der Waals surface area contributed by atoms with Crippen molar-refractivity contribution < 1.29 is 14.4 Å². The van der Waals surface area contributed by atoms with Crippen LogP contribution in [0, 0.1) is 10.1 Å². The molecule has 1 aromatic heterocycles. The summed E-state index contributed by atoms with van der Waals surface area (Å²) < 4.78 is 12.2. The van der Waals surface area contributed by atoms with Gasteiger partial charge in [0.15, 0.2) is 6.29 Å². The van der Waals surface area contributed by atoms with Crippen molar-refractivity contribution >= 4 is 5.82 Å². The first-order valence-electron chi connectivity index (χ1n) is 5.06. The summed E-state index contributed by atoms with van der Waals surface area (Å²) in [5.74, 6) is -0.174. The van der Waals surface area contributed by atoms with Crippen LogP contribution in [0.3, 0.4) is 0 Å². The molecule has 0 aromatic carbocycles. The number of hydrogen-bond donors (Lipinski definition) is 0. The van der Waals surface area contributed by atoms with Crippen LogP contribution < -0.4 is 0 Å². The molecule has 0 saturated carbocycles. The van der Waals surface area contributed by atoms with Crippen molar-refractivity contribution in [2.75, 3.05) is 13.2 Å². The van der Waals surface area contributed by atoms with Gasteiger partial charge in [-0.25, -0.2) is 0 Å². The lowest BCUT2D eigenvalue weighted by Gasteiger charge is -2.16. The highest BCUT2D eigenvalue weighted by molar-refractivity contribution is 5.12. The SMILES string of the molecule is CCOC(Cn1cnc([N+](=O)[O-])c1)OCC. The minimum atomic E-state index is -0.535. The molecule has 0 N–H and O–H groups in total. The Labute approximate surface area is 93.1 Å². The van der Waals surface area contributed by atoms with Gasteiger partial charge in [-0.3, -0.25) is 0 Å². The summed E-state index contributed by atoms with van der Waals surface area (Å²) in [6, 6.07) is 0. The maximum absolute atomic E-state index is 10.4. The zero-order chi connectivity index (χ0) is 12.0. The summed E-state index contributed by atoms with van der Waals surface area (Å²) in [5.41, 5.74) is 0. The fourth-order valence-corrected chi connectivity index (χ4v) is 1.24. The Morgan fingerprint density at radius 2 is 2.12 bits per heavy atom. The molecule has 0 fully saturated rings. The van der Waals surface area contributed by atoms with Gasteiger partial charge < -0.3 is 24.2 Å². The average Bonchev–Trinajstić information content (AvgIpc) is 2.67. The van der Waals surface area contributed by atoms with E-state index in [0.717, 1.165) is 0 Å². The molecule has 1 heterocycles. The summed E-state index contributed by atoms with van der Waals surface area (Å²) in [6.07, 6.45) is 2.35. The monoisotopic (exact) mass is 229 g/mol. The van der Waals surface area contributed by atoms with E-state index in [1.807, 2.05) is 13.8 Å². The van der Waals surface area contributed by atoms with Gasteiger partial charge in [0, 0.05) is 13.2 Å². The first-order valence-corrected chi connectivity index (χ1v) is 5.06. The van der Waals surface area contributed by atoms with Crippen molar-refractivity contribution in [2.24, 2.45) is 0 Å². The highest BCUT2D eigenvalue weighted by Crippen LogP contribution is 2.08. The fourth-order valence-electron chi connectivity index (χ4n) is 1.24. The van der Waals surface area contributed by atoms with Crippen LogP contribution >= 0.6 is 0 Å². The number of ether oxygens (including phenoxy) is 2. The van der Waals surface area contributed by atoms with E-state index in [1.165, 1.54) is 12.5 Å². The van der Waals surface area contributed by atoms with Crippen molar-refractivity contribution in [3.8, 4) is 0 Å². The van der Waals surface area contributed by atoms with Crippen LogP contribution in [0.2, 0.25) is 0 Å². The minimum Gasteiger partial charge on any atom is -0.358 e. The van der Waals surface area contributed by atoms with Gasteiger partial charge in [-0.2, -0.15) is 0 Å². The Hall–Kier alpha value is -1.47. The lowest BCUT2D eigenvalue weighted by Crippen LogP contribution is -2.23. The van der Waals surface area contributed by atoms with Gasteiger partial charge in [0.05, 0.1) is 6.54 Å². The zero-order valence-electron chi connectivity index (χ0n) is 9.33. The molecule has 7 nitrogen and oxygen atoms in total. The molecule has 0 aliphatic heterocycles. The lowest BCUT2D eigenvalue weighted by molar-refractivity contribution is -0.389. The van der Waals surface area contributed by atoms with Crippen molar-refractivity contribution in [2.45, 2.75) is 26.7 Å². The molecule has 0 atom stereocenters. The molecule has 0 radical (unpaired) electrons. The molecule has 0 saturated heterocycles. The molecule has 1 rings (SSSR count). The predicted molar refractivity (Wildman–Crippen MR) is 55.9 cm³/mol. The van der Waals surface area contributed by atoms with Gasteiger partial charge in [-0.1, -0.05) is 0 Å². The van der Waals surface area contributed by atoms with E-state index in [4.69, 9.17) is 9.47 Å². The molecule has 1 aromatic rings. The Morgan fingerprint density at radius 3 is 2.56 bits per heavy atom. The number of nitro groups is 1.